The molecule has 0 saturated carbocycles. The average molecular weight is 260 g/mol. The van der Waals surface area contributed by atoms with Gasteiger partial charge in [0.25, 0.3) is 0 Å². The van der Waals surface area contributed by atoms with Gasteiger partial charge in [-0.1, -0.05) is 5.16 Å². The van der Waals surface area contributed by atoms with Gasteiger partial charge in [-0.25, -0.2) is 0 Å². The number of oxime groups is 1. The van der Waals surface area contributed by atoms with Crippen LogP contribution in [-0.4, -0.2) is 25.8 Å². The number of amidine groups is 1. The lowest BCUT2D eigenvalue weighted by Crippen LogP contribution is -2.17. The van der Waals surface area contributed by atoms with Crippen LogP contribution in [0.1, 0.15) is 16.8 Å². The first-order valence-corrected chi connectivity index (χ1v) is 5.80. The monoisotopic (exact) mass is 260 g/mol. The number of aromatic nitrogens is 3. The minimum Gasteiger partial charge on any atom is -0.409 e. The summed E-state index contributed by atoms with van der Waals surface area (Å²) in [6.07, 6.45) is 5.41. The molecule has 19 heavy (non-hydrogen) atoms. The van der Waals surface area contributed by atoms with Crippen LogP contribution in [0, 0.1) is 0 Å². The van der Waals surface area contributed by atoms with Gasteiger partial charge in [-0.15, -0.1) is 0 Å². The quantitative estimate of drug-likeness (QED) is 0.308. The van der Waals surface area contributed by atoms with Crippen LogP contribution in [0.15, 0.2) is 35.9 Å². The van der Waals surface area contributed by atoms with E-state index in [9.17, 15) is 0 Å². The van der Waals surface area contributed by atoms with E-state index >= 15 is 0 Å². The molecule has 7 heteroatoms. The third-order valence-electron chi connectivity index (χ3n) is 2.61. The highest BCUT2D eigenvalue weighted by Crippen LogP contribution is 2.02. The molecule has 0 aliphatic heterocycles. The Morgan fingerprint density at radius 2 is 2.26 bits per heavy atom. The molecule has 0 radical (unpaired) electrons. The Bertz CT molecular complexity index is 577. The van der Waals surface area contributed by atoms with Crippen LogP contribution in [0.2, 0.25) is 0 Å². The largest absolute Gasteiger partial charge is 0.409 e. The molecule has 0 unspecified atom stereocenters. The van der Waals surface area contributed by atoms with Crippen molar-refractivity contribution in [2.75, 3.05) is 0 Å². The van der Waals surface area contributed by atoms with Crippen LogP contribution in [-0.2, 0) is 20.1 Å². The maximum Gasteiger partial charge on any atom is 0.188 e. The number of pyridine rings is 1. The van der Waals surface area contributed by atoms with Crippen LogP contribution < -0.4 is 11.1 Å². The third-order valence-corrected chi connectivity index (χ3v) is 2.61. The summed E-state index contributed by atoms with van der Waals surface area (Å²) in [6, 6.07) is 3.66. The van der Waals surface area contributed by atoms with Gasteiger partial charge in [-0.05, 0) is 17.7 Å². The Balaban J connectivity index is 1.92. The van der Waals surface area contributed by atoms with Crippen LogP contribution in [0.25, 0.3) is 0 Å². The van der Waals surface area contributed by atoms with Crippen molar-refractivity contribution in [3.63, 3.8) is 0 Å². The first kappa shape index (κ1) is 13.0. The Kier molecular flexibility index (Phi) is 4.09. The molecular formula is C12H16N6O. The first-order valence-electron chi connectivity index (χ1n) is 5.80. The fourth-order valence-corrected chi connectivity index (χ4v) is 1.69. The molecule has 0 spiro atoms. The molecule has 0 saturated heterocycles. The summed E-state index contributed by atoms with van der Waals surface area (Å²) in [5, 5.41) is 18.9. The molecule has 0 amide bonds. The molecule has 4 N–H and O–H groups in total. The molecule has 0 atom stereocenters. The number of rotatable bonds is 5. The van der Waals surface area contributed by atoms with E-state index in [0.29, 0.717) is 12.2 Å². The molecule has 2 rings (SSSR count). The Morgan fingerprint density at radius 3 is 2.95 bits per heavy atom. The molecule has 0 aliphatic carbocycles. The van der Waals surface area contributed by atoms with E-state index in [4.69, 9.17) is 10.9 Å². The van der Waals surface area contributed by atoms with Gasteiger partial charge in [-0.2, -0.15) is 5.10 Å². The van der Waals surface area contributed by atoms with Crippen LogP contribution >= 0.6 is 0 Å². The maximum atomic E-state index is 8.60. The number of aryl methyl sites for hydroxylation is 1. The number of hydrogen-bond acceptors (Lipinski definition) is 5. The molecule has 0 bridgehead atoms. The molecule has 2 aromatic rings. The zero-order chi connectivity index (χ0) is 13.7. The smallest absolute Gasteiger partial charge is 0.188 e. The SMILES string of the molecule is Cn1cc(CNCc2ccnc(C(N)=NO)c2)cn1. The van der Waals surface area contributed by atoms with Crippen LogP contribution in [0.4, 0.5) is 0 Å². The molecule has 100 valence electrons. The lowest BCUT2D eigenvalue weighted by atomic mass is 10.2. The molecular weight excluding hydrogens is 244 g/mol. The second-order valence-electron chi connectivity index (χ2n) is 4.16. The van der Waals surface area contributed by atoms with E-state index < -0.39 is 0 Å². The fraction of sp³-hybridized carbons (Fsp3) is 0.250. The van der Waals surface area contributed by atoms with Crippen molar-refractivity contribution >= 4 is 5.84 Å². The summed E-state index contributed by atoms with van der Waals surface area (Å²) in [6.45, 7) is 1.40. The van der Waals surface area contributed by atoms with Crippen molar-refractivity contribution in [2.24, 2.45) is 17.9 Å². The van der Waals surface area contributed by atoms with Crippen molar-refractivity contribution in [2.45, 2.75) is 13.1 Å². The second kappa shape index (κ2) is 5.96. The molecule has 0 aliphatic rings. The molecule has 0 aromatic carbocycles. The van der Waals surface area contributed by atoms with Crippen molar-refractivity contribution in [1.82, 2.24) is 20.1 Å². The summed E-state index contributed by atoms with van der Waals surface area (Å²) in [7, 11) is 1.88. The summed E-state index contributed by atoms with van der Waals surface area (Å²) < 4.78 is 1.76. The lowest BCUT2D eigenvalue weighted by Gasteiger charge is -2.05. The van der Waals surface area contributed by atoms with Crippen LogP contribution in [0.5, 0.6) is 0 Å². The van der Waals surface area contributed by atoms with Crippen molar-refractivity contribution < 1.29 is 5.21 Å². The maximum absolute atomic E-state index is 8.60. The van der Waals surface area contributed by atoms with E-state index in [1.54, 1.807) is 16.9 Å². The highest BCUT2D eigenvalue weighted by molar-refractivity contribution is 5.95. The molecule has 2 aromatic heterocycles. The van der Waals surface area contributed by atoms with Crippen molar-refractivity contribution in [1.29, 1.82) is 0 Å². The van der Waals surface area contributed by atoms with E-state index in [1.807, 2.05) is 25.5 Å². The van der Waals surface area contributed by atoms with E-state index in [-0.39, 0.29) is 5.84 Å². The number of nitrogens with two attached hydrogens (primary N) is 1. The minimum absolute atomic E-state index is 0.00843. The highest BCUT2D eigenvalue weighted by Gasteiger charge is 2.02. The predicted molar refractivity (Wildman–Crippen MR) is 70.5 cm³/mol. The Morgan fingerprint density at radius 1 is 1.47 bits per heavy atom. The summed E-state index contributed by atoms with van der Waals surface area (Å²) >= 11 is 0. The van der Waals surface area contributed by atoms with Gasteiger partial charge in [-0.3, -0.25) is 9.67 Å². The van der Waals surface area contributed by atoms with Crippen molar-refractivity contribution in [3.8, 4) is 0 Å². The van der Waals surface area contributed by atoms with Gasteiger partial charge in [0.05, 0.1) is 6.20 Å². The Labute approximate surface area is 110 Å². The molecule has 2 heterocycles. The van der Waals surface area contributed by atoms with E-state index in [2.05, 4.69) is 20.6 Å². The summed E-state index contributed by atoms with van der Waals surface area (Å²) in [4.78, 5) is 4.02. The van der Waals surface area contributed by atoms with Gasteiger partial charge in [0.15, 0.2) is 5.84 Å². The summed E-state index contributed by atoms with van der Waals surface area (Å²) in [5.74, 6) is 0.00843. The fourth-order valence-electron chi connectivity index (χ4n) is 1.69. The molecule has 0 fully saturated rings. The predicted octanol–water partition coefficient (Wildman–Crippen LogP) is 0.199. The third kappa shape index (κ3) is 3.52. The zero-order valence-corrected chi connectivity index (χ0v) is 10.6. The number of nitrogens with one attached hydrogen (secondary N) is 1. The van der Waals surface area contributed by atoms with Gasteiger partial charge in [0.2, 0.25) is 0 Å². The topological polar surface area (TPSA) is 101 Å². The van der Waals surface area contributed by atoms with Crippen molar-refractivity contribution in [3.05, 3.63) is 47.5 Å². The second-order valence-corrected chi connectivity index (χ2v) is 4.16. The number of nitrogens with zero attached hydrogens (tertiary/aromatic N) is 4. The zero-order valence-electron chi connectivity index (χ0n) is 10.6. The van der Waals surface area contributed by atoms with E-state index in [1.165, 1.54) is 0 Å². The minimum atomic E-state index is 0.00843. The number of hydrogen-bond donors (Lipinski definition) is 3. The van der Waals surface area contributed by atoms with Crippen LogP contribution in [0.3, 0.4) is 0 Å². The van der Waals surface area contributed by atoms with Gasteiger partial charge < -0.3 is 16.3 Å². The van der Waals surface area contributed by atoms with Gasteiger partial charge >= 0.3 is 0 Å². The normalized spacial score (nSPS) is 11.7. The summed E-state index contributed by atoms with van der Waals surface area (Å²) in [5.41, 5.74) is 8.09. The highest BCUT2D eigenvalue weighted by atomic mass is 16.4. The Hall–Kier alpha value is -2.41. The standard InChI is InChI=1S/C12H16N6O/c1-18-8-10(7-16-18)6-14-5-9-2-3-15-11(4-9)12(13)17-19/h2-4,7-8,14,19H,5-6H2,1H3,(H2,13,17). The lowest BCUT2D eigenvalue weighted by molar-refractivity contribution is 0.318. The first-order chi connectivity index (χ1) is 9.19. The van der Waals surface area contributed by atoms with E-state index in [0.717, 1.165) is 17.7 Å². The van der Waals surface area contributed by atoms with Gasteiger partial charge in [0, 0.05) is 38.1 Å². The van der Waals surface area contributed by atoms with Gasteiger partial charge in [0.1, 0.15) is 5.69 Å². The molecule has 7 nitrogen and oxygen atoms in total. The average Bonchev–Trinajstić information content (AvgIpc) is 2.84.